The van der Waals surface area contributed by atoms with E-state index in [9.17, 15) is 9.59 Å². The summed E-state index contributed by atoms with van der Waals surface area (Å²) in [5.74, 6) is -0.703. The number of nitrogens with two attached hydrogens (primary N) is 1. The lowest BCUT2D eigenvalue weighted by Gasteiger charge is -2.33. The van der Waals surface area contributed by atoms with Gasteiger partial charge in [-0.2, -0.15) is 0 Å². The van der Waals surface area contributed by atoms with Crippen LogP contribution in [0.25, 0.3) is 0 Å². The number of piperazine rings is 1. The van der Waals surface area contributed by atoms with Gasteiger partial charge in [0.25, 0.3) is 5.91 Å². The standard InChI is InChI=1S/C10H14N4O3/c1-6-8(17-5-13-6)10(16)14-3-2-12-4-7(14)9(11)15/h5,7,12H,2-4H2,1H3,(H2,11,15). The molecule has 0 bridgehead atoms. The van der Waals surface area contributed by atoms with E-state index in [0.717, 1.165) is 0 Å². The van der Waals surface area contributed by atoms with Crippen molar-refractivity contribution in [2.45, 2.75) is 13.0 Å². The monoisotopic (exact) mass is 238 g/mol. The SMILES string of the molecule is Cc1ncoc1C(=O)N1CCNCC1C(N)=O. The normalized spacial score (nSPS) is 20.3. The Morgan fingerprint density at radius 2 is 2.41 bits per heavy atom. The van der Waals surface area contributed by atoms with Gasteiger partial charge in [-0.05, 0) is 6.92 Å². The van der Waals surface area contributed by atoms with Crippen LogP contribution in [0.4, 0.5) is 0 Å². The van der Waals surface area contributed by atoms with Crippen LogP contribution < -0.4 is 11.1 Å². The number of nitrogens with zero attached hydrogens (tertiary/aromatic N) is 2. The molecule has 2 amide bonds. The Balaban J connectivity index is 2.23. The fraction of sp³-hybridized carbons (Fsp3) is 0.500. The third-order valence-corrected chi connectivity index (χ3v) is 2.77. The van der Waals surface area contributed by atoms with E-state index in [2.05, 4.69) is 10.3 Å². The molecule has 0 aromatic carbocycles. The predicted molar refractivity (Wildman–Crippen MR) is 58.1 cm³/mol. The Morgan fingerprint density at radius 1 is 1.65 bits per heavy atom. The van der Waals surface area contributed by atoms with Crippen molar-refractivity contribution in [2.24, 2.45) is 5.73 Å². The summed E-state index contributed by atoms with van der Waals surface area (Å²) in [5.41, 5.74) is 5.78. The first-order chi connectivity index (χ1) is 8.11. The lowest BCUT2D eigenvalue weighted by atomic mass is 10.1. The van der Waals surface area contributed by atoms with Gasteiger partial charge in [0.15, 0.2) is 6.39 Å². The summed E-state index contributed by atoms with van der Waals surface area (Å²) < 4.78 is 5.03. The average molecular weight is 238 g/mol. The van der Waals surface area contributed by atoms with Crippen LogP contribution in [0, 0.1) is 6.92 Å². The number of amides is 2. The van der Waals surface area contributed by atoms with Crippen molar-refractivity contribution in [1.82, 2.24) is 15.2 Å². The topological polar surface area (TPSA) is 101 Å². The molecule has 0 aliphatic carbocycles. The van der Waals surface area contributed by atoms with Gasteiger partial charge in [-0.1, -0.05) is 0 Å². The minimum Gasteiger partial charge on any atom is -0.438 e. The summed E-state index contributed by atoms with van der Waals surface area (Å²) in [6.07, 6.45) is 1.21. The lowest BCUT2D eigenvalue weighted by molar-refractivity contribution is -0.122. The van der Waals surface area contributed by atoms with Crippen LogP contribution in [0.1, 0.15) is 16.2 Å². The number of hydrogen-bond donors (Lipinski definition) is 2. The van der Waals surface area contributed by atoms with Crippen LogP contribution in [0.5, 0.6) is 0 Å². The second-order valence-corrected chi connectivity index (χ2v) is 3.89. The average Bonchev–Trinajstić information content (AvgIpc) is 2.74. The van der Waals surface area contributed by atoms with E-state index in [4.69, 9.17) is 10.2 Å². The molecule has 0 saturated carbocycles. The van der Waals surface area contributed by atoms with Gasteiger partial charge in [0, 0.05) is 19.6 Å². The molecule has 1 aromatic rings. The van der Waals surface area contributed by atoms with Crippen molar-refractivity contribution < 1.29 is 14.0 Å². The van der Waals surface area contributed by atoms with E-state index in [1.807, 2.05) is 0 Å². The molecule has 0 spiro atoms. The summed E-state index contributed by atoms with van der Waals surface area (Å²) >= 11 is 0. The molecule has 1 aliphatic rings. The van der Waals surface area contributed by atoms with E-state index in [1.54, 1.807) is 6.92 Å². The Labute approximate surface area is 98.0 Å². The first kappa shape index (κ1) is 11.6. The van der Waals surface area contributed by atoms with E-state index in [-0.39, 0.29) is 11.7 Å². The number of carbonyl (C=O) groups excluding carboxylic acids is 2. The molecule has 1 fully saturated rings. The maximum Gasteiger partial charge on any atom is 0.292 e. The zero-order valence-corrected chi connectivity index (χ0v) is 9.47. The molecule has 2 rings (SSSR count). The Bertz CT molecular complexity index is 443. The summed E-state index contributed by atoms with van der Waals surface area (Å²) in [6, 6.07) is -0.638. The largest absolute Gasteiger partial charge is 0.438 e. The van der Waals surface area contributed by atoms with Gasteiger partial charge in [0.2, 0.25) is 11.7 Å². The van der Waals surface area contributed by atoms with E-state index in [1.165, 1.54) is 11.3 Å². The molecule has 7 nitrogen and oxygen atoms in total. The number of nitrogens with one attached hydrogen (secondary N) is 1. The molecule has 1 aromatic heterocycles. The second-order valence-electron chi connectivity index (χ2n) is 3.89. The van der Waals surface area contributed by atoms with Crippen LogP contribution in [-0.4, -0.2) is 47.4 Å². The number of hydrogen-bond acceptors (Lipinski definition) is 5. The fourth-order valence-electron chi connectivity index (χ4n) is 1.84. The van der Waals surface area contributed by atoms with Crippen LogP contribution in [0.3, 0.4) is 0 Å². The van der Waals surface area contributed by atoms with Crippen molar-refractivity contribution in [3.05, 3.63) is 17.8 Å². The Kier molecular flexibility index (Phi) is 3.10. The van der Waals surface area contributed by atoms with Gasteiger partial charge >= 0.3 is 0 Å². The zero-order chi connectivity index (χ0) is 12.4. The molecule has 2 heterocycles. The smallest absolute Gasteiger partial charge is 0.292 e. The van der Waals surface area contributed by atoms with Gasteiger partial charge in [0.05, 0.1) is 5.69 Å². The number of carbonyl (C=O) groups is 2. The van der Waals surface area contributed by atoms with Gasteiger partial charge in [0.1, 0.15) is 6.04 Å². The maximum atomic E-state index is 12.2. The van der Waals surface area contributed by atoms with Gasteiger partial charge in [-0.15, -0.1) is 0 Å². The van der Waals surface area contributed by atoms with Crippen LogP contribution in [0.2, 0.25) is 0 Å². The third kappa shape index (κ3) is 2.14. The highest BCUT2D eigenvalue weighted by Crippen LogP contribution is 2.13. The molecule has 1 saturated heterocycles. The lowest BCUT2D eigenvalue weighted by Crippen LogP contribution is -2.58. The van der Waals surface area contributed by atoms with Crippen LogP contribution >= 0.6 is 0 Å². The van der Waals surface area contributed by atoms with Crippen molar-refractivity contribution in [1.29, 1.82) is 0 Å². The quantitative estimate of drug-likeness (QED) is 0.679. The Morgan fingerprint density at radius 3 is 3.00 bits per heavy atom. The minimum atomic E-state index is -0.638. The maximum absolute atomic E-state index is 12.2. The second kappa shape index (κ2) is 4.54. The van der Waals surface area contributed by atoms with Crippen molar-refractivity contribution in [2.75, 3.05) is 19.6 Å². The highest BCUT2D eigenvalue weighted by Gasteiger charge is 2.33. The number of oxazole rings is 1. The highest BCUT2D eigenvalue weighted by atomic mass is 16.3. The summed E-state index contributed by atoms with van der Waals surface area (Å²) in [5, 5.41) is 3.02. The minimum absolute atomic E-state index is 0.165. The molecule has 7 heteroatoms. The third-order valence-electron chi connectivity index (χ3n) is 2.77. The predicted octanol–water partition coefficient (Wildman–Crippen LogP) is -1.12. The molecule has 17 heavy (non-hydrogen) atoms. The summed E-state index contributed by atoms with van der Waals surface area (Å²) in [7, 11) is 0. The van der Waals surface area contributed by atoms with E-state index in [0.29, 0.717) is 25.3 Å². The van der Waals surface area contributed by atoms with Crippen molar-refractivity contribution in [3.63, 3.8) is 0 Å². The first-order valence-corrected chi connectivity index (χ1v) is 5.32. The van der Waals surface area contributed by atoms with Gasteiger partial charge in [-0.25, -0.2) is 4.98 Å². The van der Waals surface area contributed by atoms with Crippen LogP contribution in [0.15, 0.2) is 10.8 Å². The fourth-order valence-corrected chi connectivity index (χ4v) is 1.84. The first-order valence-electron chi connectivity index (χ1n) is 5.32. The molecule has 0 radical (unpaired) electrons. The highest BCUT2D eigenvalue weighted by molar-refractivity contribution is 5.96. The number of rotatable bonds is 2. The summed E-state index contributed by atoms with van der Waals surface area (Å²) in [6.45, 7) is 3.10. The molecule has 1 unspecified atom stereocenters. The van der Waals surface area contributed by atoms with Crippen molar-refractivity contribution >= 4 is 11.8 Å². The van der Waals surface area contributed by atoms with E-state index < -0.39 is 11.9 Å². The number of aromatic nitrogens is 1. The van der Waals surface area contributed by atoms with E-state index >= 15 is 0 Å². The number of aryl methyl sites for hydroxylation is 1. The summed E-state index contributed by atoms with van der Waals surface area (Å²) in [4.78, 5) is 28.7. The number of primary amides is 1. The molecule has 1 aliphatic heterocycles. The molecule has 1 atom stereocenters. The molecular formula is C10H14N4O3. The van der Waals surface area contributed by atoms with Gasteiger partial charge < -0.3 is 20.4 Å². The van der Waals surface area contributed by atoms with Crippen LogP contribution in [-0.2, 0) is 4.79 Å². The van der Waals surface area contributed by atoms with Crippen molar-refractivity contribution in [3.8, 4) is 0 Å². The Hall–Kier alpha value is -1.89. The zero-order valence-electron chi connectivity index (χ0n) is 9.47. The van der Waals surface area contributed by atoms with Gasteiger partial charge in [-0.3, -0.25) is 9.59 Å². The molecule has 3 N–H and O–H groups in total. The molecular weight excluding hydrogens is 224 g/mol. The molecule has 92 valence electrons.